The van der Waals surface area contributed by atoms with E-state index < -0.39 is 7.12 Å². The number of rotatable bonds is 12. The normalized spacial score (nSPS) is 14.0. The smallest absolute Gasteiger partial charge is 0.446 e. The molecule has 4 aliphatic rings. The SMILES string of the molecule is OB1CCCc2ccc(CCc3ccc4ccccc4c3)cc21.OB1CCCc2ccc(CCc3cccc4ccccc34)cc21.OB1CCCc2ccc(CCc3cccc4ccccc34)cc21.OB1OCCc2ccc(CCc3ccc4ccccc4c3)cc21. The summed E-state index contributed by atoms with van der Waals surface area (Å²) in [5, 5.41) is 51.1. The molecule has 5 nitrogen and oxygen atoms in total. The molecule has 0 spiro atoms. The van der Waals surface area contributed by atoms with E-state index in [2.05, 4.69) is 243 Å². The molecule has 0 fully saturated rings. The summed E-state index contributed by atoms with van der Waals surface area (Å²) in [7, 11) is -0.764. The fourth-order valence-electron chi connectivity index (χ4n) is 14.5. The Kier molecular flexibility index (Phi) is 20.4. The largest absolute Gasteiger partial charge is 0.491 e. The molecule has 0 aliphatic carbocycles. The Bertz CT molecular complexity index is 4200. The molecule has 4 aliphatic heterocycles. The summed E-state index contributed by atoms with van der Waals surface area (Å²) < 4.78 is 5.33. The van der Waals surface area contributed by atoms with E-state index in [9.17, 15) is 20.1 Å². The third-order valence-electron chi connectivity index (χ3n) is 19.8. The fourth-order valence-corrected chi connectivity index (χ4v) is 14.5. The first-order valence-corrected chi connectivity index (χ1v) is 33.9. The van der Waals surface area contributed by atoms with E-state index >= 15 is 0 Å². The number of aryl methyl sites for hydroxylation is 11. The predicted octanol–water partition coefficient (Wildman–Crippen LogP) is 14.2. The topological polar surface area (TPSA) is 90.2 Å². The summed E-state index contributed by atoms with van der Waals surface area (Å²) >= 11 is 0. The third kappa shape index (κ3) is 15.4. The van der Waals surface area contributed by atoms with E-state index in [1.54, 1.807) is 0 Å². The van der Waals surface area contributed by atoms with Gasteiger partial charge in [0.1, 0.15) is 0 Å². The van der Waals surface area contributed by atoms with Gasteiger partial charge in [-0.15, -0.1) is 0 Å². The van der Waals surface area contributed by atoms with Crippen molar-refractivity contribution < 1.29 is 24.8 Å². The average molecular weight is 1200 g/mol. The molecule has 0 bridgehead atoms. The Morgan fingerprint density at radius 2 is 0.587 bits per heavy atom. The van der Waals surface area contributed by atoms with Crippen molar-refractivity contribution >= 4 is 92.8 Å². The van der Waals surface area contributed by atoms with Crippen LogP contribution >= 0.6 is 0 Å². The zero-order valence-corrected chi connectivity index (χ0v) is 53.0. The first-order chi connectivity index (χ1) is 45.2. The minimum atomic E-state index is -0.764. The predicted molar refractivity (Wildman–Crippen MR) is 391 cm³/mol. The quantitative estimate of drug-likeness (QED) is 0.0915. The summed E-state index contributed by atoms with van der Waals surface area (Å²) in [6.45, 7) is -0.197. The van der Waals surface area contributed by atoms with Crippen LogP contribution in [0.5, 0.6) is 0 Å². The molecule has 4 heterocycles. The third-order valence-corrected chi connectivity index (χ3v) is 19.8. The van der Waals surface area contributed by atoms with Gasteiger partial charge in [-0.05, 0) is 211 Å². The van der Waals surface area contributed by atoms with Gasteiger partial charge >= 0.3 is 27.9 Å². The van der Waals surface area contributed by atoms with Crippen LogP contribution in [0.1, 0.15) is 86.0 Å². The lowest BCUT2D eigenvalue weighted by Gasteiger charge is -2.19. The van der Waals surface area contributed by atoms with Crippen molar-refractivity contribution in [3.63, 3.8) is 0 Å². The van der Waals surface area contributed by atoms with Crippen LogP contribution in [-0.4, -0.2) is 54.6 Å². The first-order valence-electron chi connectivity index (χ1n) is 33.9. The molecule has 0 radical (unpaired) electrons. The second-order valence-electron chi connectivity index (χ2n) is 26.0. The molecular weight excluding hydrogens is 1120 g/mol. The number of hydrogen-bond donors (Lipinski definition) is 4. The van der Waals surface area contributed by atoms with Crippen LogP contribution in [0, 0.1) is 0 Å². The lowest BCUT2D eigenvalue weighted by Crippen LogP contribution is -2.41. The van der Waals surface area contributed by atoms with E-state index in [1.807, 2.05) is 0 Å². The Morgan fingerprint density at radius 1 is 0.272 bits per heavy atom. The maximum Gasteiger partial charge on any atom is 0.491 e. The van der Waals surface area contributed by atoms with Gasteiger partial charge in [0.25, 0.3) is 0 Å². The molecule has 4 N–H and O–H groups in total. The van der Waals surface area contributed by atoms with Gasteiger partial charge < -0.3 is 24.8 Å². The summed E-state index contributed by atoms with van der Waals surface area (Å²) in [6.07, 6.45) is 18.4. The van der Waals surface area contributed by atoms with Crippen molar-refractivity contribution in [2.45, 2.75) is 115 Å². The van der Waals surface area contributed by atoms with E-state index in [0.717, 1.165) is 137 Å². The van der Waals surface area contributed by atoms with Crippen molar-refractivity contribution in [1.29, 1.82) is 0 Å². The molecule has 0 amide bonds. The second kappa shape index (κ2) is 30.0. The first kappa shape index (κ1) is 62.5. The highest BCUT2D eigenvalue weighted by Gasteiger charge is 2.27. The minimum Gasteiger partial charge on any atom is -0.446 e. The van der Waals surface area contributed by atoms with Crippen LogP contribution in [0.15, 0.2) is 243 Å². The van der Waals surface area contributed by atoms with Crippen LogP contribution in [0.3, 0.4) is 0 Å². The van der Waals surface area contributed by atoms with E-state index in [0.29, 0.717) is 6.61 Å². The summed E-state index contributed by atoms with van der Waals surface area (Å²) in [4.78, 5) is 0. The van der Waals surface area contributed by atoms with E-state index in [4.69, 9.17) is 4.65 Å². The molecule has 0 aromatic heterocycles. The summed E-state index contributed by atoms with van der Waals surface area (Å²) in [5.41, 5.74) is 20.4. The second-order valence-corrected chi connectivity index (χ2v) is 26.0. The molecule has 16 rings (SSSR count). The Hall–Kier alpha value is -8.26. The van der Waals surface area contributed by atoms with Crippen molar-refractivity contribution in [3.05, 3.63) is 309 Å². The highest BCUT2D eigenvalue weighted by molar-refractivity contribution is 6.68. The average Bonchev–Trinajstić information content (AvgIpc) is 1.85. The highest BCUT2D eigenvalue weighted by Crippen LogP contribution is 2.26. The molecule has 9 heteroatoms. The highest BCUT2D eigenvalue weighted by atomic mass is 16.5. The van der Waals surface area contributed by atoms with Gasteiger partial charge in [-0.25, -0.2) is 0 Å². The summed E-state index contributed by atoms with van der Waals surface area (Å²) in [5.74, 6) is 0. The van der Waals surface area contributed by atoms with Gasteiger partial charge in [-0.2, -0.15) is 0 Å². The maximum atomic E-state index is 10.2. The lowest BCUT2D eigenvalue weighted by atomic mass is 9.53. The van der Waals surface area contributed by atoms with Crippen LogP contribution < -0.4 is 21.9 Å². The molecular formula is C83H82B4O5. The van der Waals surface area contributed by atoms with Crippen LogP contribution in [0.2, 0.25) is 19.0 Å². The standard InChI is InChI=1S/3C21H21BO.C20H19BO2/c2*23-22-14-4-8-19-13-11-16(15-21(19)22)10-12-18-7-3-6-17-5-1-2-9-20(17)18;23-22-13-3-6-19-12-10-17(15-21(19)22)8-7-16-9-11-18-4-1-2-5-20(18)14-16;22-21-20-14-16(8-10-18(20)11-12-23-21)6-5-15-7-9-17-3-1-2-4-19(17)13-15/h2*1-3,5-7,9,11,13,15,23H,4,8,10,12,14H2;1-2,4-5,9-12,14-15,23H,3,6-8,13H2;1-4,7-10,13-14,22H,5-6,11-12H2. The van der Waals surface area contributed by atoms with Crippen LogP contribution in [-0.2, 0) is 81.7 Å². The van der Waals surface area contributed by atoms with Gasteiger partial charge in [0.05, 0.1) is 0 Å². The summed E-state index contributed by atoms with van der Waals surface area (Å²) in [6, 6.07) is 87.1. The molecule has 0 atom stereocenters. The van der Waals surface area contributed by atoms with Crippen molar-refractivity contribution in [2.24, 2.45) is 0 Å². The number of fused-ring (bicyclic) bond motifs is 8. The monoisotopic (exact) mass is 1200 g/mol. The Balaban J connectivity index is 0.000000112. The molecule has 12 aromatic carbocycles. The molecule has 0 saturated heterocycles. The van der Waals surface area contributed by atoms with Crippen molar-refractivity contribution in [2.75, 3.05) is 6.61 Å². The molecule has 456 valence electrons. The maximum absolute atomic E-state index is 10.2. The lowest BCUT2D eigenvalue weighted by molar-refractivity contribution is 0.266. The van der Waals surface area contributed by atoms with E-state index in [-0.39, 0.29) is 20.7 Å². The van der Waals surface area contributed by atoms with Gasteiger partial charge in [-0.3, -0.25) is 0 Å². The van der Waals surface area contributed by atoms with E-state index in [1.165, 1.54) is 110 Å². The Labute approximate surface area is 545 Å². The minimum absolute atomic E-state index is 0.264. The molecule has 12 aromatic rings. The van der Waals surface area contributed by atoms with Gasteiger partial charge in [0.15, 0.2) is 0 Å². The fraction of sp³-hybridized carbons (Fsp3) is 0.229. The molecule has 92 heavy (non-hydrogen) atoms. The van der Waals surface area contributed by atoms with Crippen LogP contribution in [0.25, 0.3) is 43.1 Å². The molecule has 0 saturated carbocycles. The van der Waals surface area contributed by atoms with Crippen molar-refractivity contribution in [1.82, 2.24) is 0 Å². The zero-order chi connectivity index (χ0) is 62.6. The van der Waals surface area contributed by atoms with Gasteiger partial charge in [-0.1, -0.05) is 279 Å². The van der Waals surface area contributed by atoms with Gasteiger partial charge in [0, 0.05) is 6.61 Å². The number of benzene rings is 12. The van der Waals surface area contributed by atoms with Gasteiger partial charge in [0.2, 0.25) is 0 Å². The van der Waals surface area contributed by atoms with Crippen LogP contribution in [0.4, 0.5) is 0 Å². The zero-order valence-electron chi connectivity index (χ0n) is 53.0. The molecule has 0 unspecified atom stereocenters. The van der Waals surface area contributed by atoms with Crippen molar-refractivity contribution in [3.8, 4) is 0 Å². The Morgan fingerprint density at radius 3 is 1.00 bits per heavy atom. The number of hydrogen-bond acceptors (Lipinski definition) is 5.